The Morgan fingerprint density at radius 1 is 1.31 bits per heavy atom. The molecule has 0 saturated heterocycles. The summed E-state index contributed by atoms with van der Waals surface area (Å²) in [5.41, 5.74) is 6.75. The number of rotatable bonds is 5. The van der Waals surface area contributed by atoms with E-state index in [1.807, 2.05) is 12.1 Å². The summed E-state index contributed by atoms with van der Waals surface area (Å²) in [7, 11) is 0. The molecule has 2 aliphatic rings. The van der Waals surface area contributed by atoms with Crippen LogP contribution in [0.2, 0.25) is 5.02 Å². The molecule has 2 aliphatic carbocycles. The molecule has 2 fully saturated rings. The molecular formula is C21H27ClN2O2. The first kappa shape index (κ1) is 17.9. The Balaban J connectivity index is 1.48. The first-order valence-electron chi connectivity index (χ1n) is 9.75. The molecule has 0 radical (unpaired) electrons. The molecule has 26 heavy (non-hydrogen) atoms. The smallest absolute Gasteiger partial charge is 0.255 e. The van der Waals surface area contributed by atoms with Gasteiger partial charge in [-0.15, -0.1) is 0 Å². The minimum Gasteiger partial charge on any atom is -0.489 e. The average Bonchev–Trinajstić information content (AvgIpc) is 3.49. The molecule has 1 aromatic heterocycles. The van der Waals surface area contributed by atoms with Gasteiger partial charge in [-0.3, -0.25) is 4.79 Å². The summed E-state index contributed by atoms with van der Waals surface area (Å²) in [6.45, 7) is 2.28. The number of pyridine rings is 1. The molecule has 1 unspecified atom stereocenters. The number of aromatic nitrogens is 1. The Labute approximate surface area is 159 Å². The Morgan fingerprint density at radius 3 is 2.69 bits per heavy atom. The standard InChI is InChI=1S/C21H27ClN2O2/c1-2-21(19(23)13-3-4-13)8-5-15(6-9-21)26-18-11-14-7-10-24-20(25)16(14)12-17(18)22/h7,10-13,15,19H,2-6,8-9,23H2,1H3,(H,24,25)/t15-,19?,21+. The van der Waals surface area contributed by atoms with Crippen molar-refractivity contribution in [3.63, 3.8) is 0 Å². The summed E-state index contributed by atoms with van der Waals surface area (Å²) in [6, 6.07) is 5.79. The fraction of sp³-hybridized carbons (Fsp3) is 0.571. The zero-order valence-corrected chi connectivity index (χ0v) is 16.0. The van der Waals surface area contributed by atoms with Crippen LogP contribution in [0.25, 0.3) is 10.8 Å². The summed E-state index contributed by atoms with van der Waals surface area (Å²) >= 11 is 6.38. The lowest BCUT2D eigenvalue weighted by molar-refractivity contribution is 0.0524. The number of halogens is 1. The lowest BCUT2D eigenvalue weighted by atomic mass is 9.65. The van der Waals surface area contributed by atoms with Gasteiger partial charge in [0.2, 0.25) is 0 Å². The van der Waals surface area contributed by atoms with Crippen molar-refractivity contribution in [2.75, 3.05) is 0 Å². The molecule has 1 atom stereocenters. The monoisotopic (exact) mass is 374 g/mol. The van der Waals surface area contributed by atoms with Gasteiger partial charge in [0, 0.05) is 17.6 Å². The molecule has 1 aromatic carbocycles. The van der Waals surface area contributed by atoms with Crippen molar-refractivity contribution in [2.45, 2.75) is 64.0 Å². The Hall–Kier alpha value is -1.52. The Bertz CT molecular complexity index is 851. The van der Waals surface area contributed by atoms with Crippen LogP contribution in [-0.4, -0.2) is 17.1 Å². The number of aromatic amines is 1. The number of ether oxygens (including phenoxy) is 1. The summed E-state index contributed by atoms with van der Waals surface area (Å²) in [5.74, 6) is 1.41. The third-order valence-electron chi connectivity index (χ3n) is 6.59. The predicted octanol–water partition coefficient (Wildman–Crippen LogP) is 4.64. The van der Waals surface area contributed by atoms with Crippen molar-refractivity contribution in [3.05, 3.63) is 39.8 Å². The maximum atomic E-state index is 11.9. The van der Waals surface area contributed by atoms with Crippen LogP contribution in [-0.2, 0) is 0 Å². The number of nitrogens with two attached hydrogens (primary N) is 1. The van der Waals surface area contributed by atoms with Gasteiger partial charge < -0.3 is 15.5 Å². The first-order chi connectivity index (χ1) is 12.5. The number of nitrogens with one attached hydrogen (secondary N) is 1. The van der Waals surface area contributed by atoms with Crippen molar-refractivity contribution in [3.8, 4) is 5.75 Å². The second kappa shape index (κ2) is 6.90. The number of hydrogen-bond donors (Lipinski definition) is 2. The Kier molecular flexibility index (Phi) is 4.74. The topological polar surface area (TPSA) is 68.1 Å². The van der Waals surface area contributed by atoms with Gasteiger partial charge in [0.1, 0.15) is 5.75 Å². The molecule has 2 aromatic rings. The van der Waals surface area contributed by atoms with Gasteiger partial charge in [-0.25, -0.2) is 0 Å². The Morgan fingerprint density at radius 2 is 2.04 bits per heavy atom. The van der Waals surface area contributed by atoms with Gasteiger partial charge in [-0.1, -0.05) is 18.5 Å². The first-order valence-corrected chi connectivity index (χ1v) is 10.1. The van der Waals surface area contributed by atoms with E-state index in [9.17, 15) is 4.79 Å². The maximum absolute atomic E-state index is 11.9. The molecule has 1 heterocycles. The molecule has 3 N–H and O–H groups in total. The van der Waals surface area contributed by atoms with Crippen molar-refractivity contribution < 1.29 is 4.74 Å². The van der Waals surface area contributed by atoms with E-state index in [2.05, 4.69) is 11.9 Å². The quantitative estimate of drug-likeness (QED) is 0.801. The second-order valence-corrected chi connectivity index (χ2v) is 8.48. The number of hydrogen-bond acceptors (Lipinski definition) is 3. The molecule has 0 spiro atoms. The lowest BCUT2D eigenvalue weighted by Gasteiger charge is -2.44. The molecular weight excluding hydrogens is 348 g/mol. The van der Waals surface area contributed by atoms with E-state index in [1.54, 1.807) is 12.3 Å². The van der Waals surface area contributed by atoms with Crippen LogP contribution in [0.1, 0.15) is 51.9 Å². The molecule has 0 bridgehead atoms. The fourth-order valence-electron chi connectivity index (χ4n) is 4.62. The van der Waals surface area contributed by atoms with E-state index in [1.165, 1.54) is 12.8 Å². The third kappa shape index (κ3) is 3.25. The number of H-pyrrole nitrogens is 1. The van der Waals surface area contributed by atoms with Crippen LogP contribution in [0.3, 0.4) is 0 Å². The fourth-order valence-corrected chi connectivity index (χ4v) is 4.83. The van der Waals surface area contributed by atoms with Gasteiger partial charge in [-0.05, 0) is 79.9 Å². The van der Waals surface area contributed by atoms with Crippen molar-refractivity contribution in [1.29, 1.82) is 0 Å². The van der Waals surface area contributed by atoms with Crippen LogP contribution in [0.15, 0.2) is 29.2 Å². The summed E-state index contributed by atoms with van der Waals surface area (Å²) in [6.07, 6.45) is 9.83. The molecule has 2 saturated carbocycles. The van der Waals surface area contributed by atoms with Gasteiger partial charge in [0.05, 0.1) is 11.1 Å². The van der Waals surface area contributed by atoms with Gasteiger partial charge in [0.15, 0.2) is 0 Å². The summed E-state index contributed by atoms with van der Waals surface area (Å²) in [4.78, 5) is 14.6. The largest absolute Gasteiger partial charge is 0.489 e. The van der Waals surface area contributed by atoms with Crippen molar-refractivity contribution in [2.24, 2.45) is 17.1 Å². The number of fused-ring (bicyclic) bond motifs is 1. The third-order valence-corrected chi connectivity index (χ3v) is 6.88. The highest BCUT2D eigenvalue weighted by Gasteiger charge is 2.45. The van der Waals surface area contributed by atoms with E-state index in [4.69, 9.17) is 22.1 Å². The number of benzene rings is 1. The normalized spacial score (nSPS) is 27.4. The van der Waals surface area contributed by atoms with Crippen molar-refractivity contribution in [1.82, 2.24) is 4.98 Å². The second-order valence-electron chi connectivity index (χ2n) is 8.07. The molecule has 5 heteroatoms. The maximum Gasteiger partial charge on any atom is 0.255 e. The molecule has 0 aliphatic heterocycles. The summed E-state index contributed by atoms with van der Waals surface area (Å²) < 4.78 is 6.24. The van der Waals surface area contributed by atoms with Crippen LogP contribution >= 0.6 is 11.6 Å². The summed E-state index contributed by atoms with van der Waals surface area (Å²) in [5, 5.41) is 1.94. The highest BCUT2D eigenvalue weighted by molar-refractivity contribution is 6.32. The van der Waals surface area contributed by atoms with Gasteiger partial charge >= 0.3 is 0 Å². The van der Waals surface area contributed by atoms with E-state index < -0.39 is 0 Å². The van der Waals surface area contributed by atoms with Gasteiger partial charge in [0.25, 0.3) is 5.56 Å². The van der Waals surface area contributed by atoms with Crippen LogP contribution in [0.4, 0.5) is 0 Å². The van der Waals surface area contributed by atoms with Crippen LogP contribution in [0.5, 0.6) is 5.75 Å². The molecule has 0 amide bonds. The zero-order chi connectivity index (χ0) is 18.3. The van der Waals surface area contributed by atoms with Crippen LogP contribution in [0, 0.1) is 11.3 Å². The molecule has 140 valence electrons. The van der Waals surface area contributed by atoms with E-state index >= 15 is 0 Å². The SMILES string of the molecule is CC[C@]1(C(N)C2CC2)CC[C@@H](Oc2cc3cc[nH]c(=O)c3cc2Cl)CC1. The average molecular weight is 375 g/mol. The van der Waals surface area contributed by atoms with E-state index in [0.29, 0.717) is 22.2 Å². The molecule has 4 rings (SSSR count). The van der Waals surface area contributed by atoms with Crippen LogP contribution < -0.4 is 16.0 Å². The predicted molar refractivity (Wildman–Crippen MR) is 106 cm³/mol. The van der Waals surface area contributed by atoms with E-state index in [-0.39, 0.29) is 17.1 Å². The van der Waals surface area contributed by atoms with Crippen molar-refractivity contribution >= 4 is 22.4 Å². The molecule has 4 nitrogen and oxygen atoms in total. The highest BCUT2D eigenvalue weighted by atomic mass is 35.5. The van der Waals surface area contributed by atoms with Gasteiger partial charge in [-0.2, -0.15) is 0 Å². The lowest BCUT2D eigenvalue weighted by Crippen LogP contribution is -2.46. The minimum atomic E-state index is -0.129. The highest BCUT2D eigenvalue weighted by Crippen LogP contribution is 2.49. The minimum absolute atomic E-state index is 0.129. The zero-order valence-electron chi connectivity index (χ0n) is 15.3. The van der Waals surface area contributed by atoms with E-state index in [0.717, 1.165) is 43.4 Å².